The first-order valence-corrected chi connectivity index (χ1v) is 8.77. The van der Waals surface area contributed by atoms with Crippen LogP contribution < -0.4 is 0 Å². The number of aryl methyl sites for hydroxylation is 1. The standard InChI is InChI=1S/C17H22N4O2S/c22-14-8-7-13(15(23)10-14)11-18-21-16(19-20-17(21)24)9-6-12-4-2-1-3-5-12/h7-8,10-12,22-23H,1-6,9H2,(H,20,24)/b18-11+. The summed E-state index contributed by atoms with van der Waals surface area (Å²) in [6, 6.07) is 4.37. The molecule has 1 aromatic carbocycles. The van der Waals surface area contributed by atoms with Crippen LogP contribution in [0.15, 0.2) is 23.3 Å². The van der Waals surface area contributed by atoms with Crippen LogP contribution in [0.25, 0.3) is 0 Å². The van der Waals surface area contributed by atoms with E-state index in [1.165, 1.54) is 50.5 Å². The summed E-state index contributed by atoms with van der Waals surface area (Å²) in [4.78, 5) is 0. The van der Waals surface area contributed by atoms with Crippen molar-refractivity contribution in [3.8, 4) is 11.5 Å². The number of hydrogen-bond acceptors (Lipinski definition) is 5. The number of phenolic OH excluding ortho intramolecular Hbond substituents is 2. The molecule has 1 fully saturated rings. The van der Waals surface area contributed by atoms with Crippen molar-refractivity contribution in [1.82, 2.24) is 14.9 Å². The molecule has 2 aromatic rings. The molecule has 3 rings (SSSR count). The summed E-state index contributed by atoms with van der Waals surface area (Å²) in [5.41, 5.74) is 0.508. The second-order valence-electron chi connectivity index (χ2n) is 6.29. The predicted octanol–water partition coefficient (Wildman–Crippen LogP) is 3.75. The van der Waals surface area contributed by atoms with E-state index < -0.39 is 0 Å². The summed E-state index contributed by atoms with van der Waals surface area (Å²) in [5, 5.41) is 30.6. The van der Waals surface area contributed by atoms with Crippen molar-refractivity contribution in [3.63, 3.8) is 0 Å². The fourth-order valence-corrected chi connectivity index (χ4v) is 3.37. The number of benzene rings is 1. The van der Waals surface area contributed by atoms with Gasteiger partial charge in [0.2, 0.25) is 4.77 Å². The third-order valence-corrected chi connectivity index (χ3v) is 4.81. The van der Waals surface area contributed by atoms with Crippen LogP contribution in [0.4, 0.5) is 0 Å². The summed E-state index contributed by atoms with van der Waals surface area (Å²) in [5.74, 6) is 1.55. The molecule has 24 heavy (non-hydrogen) atoms. The first-order valence-electron chi connectivity index (χ1n) is 8.36. The van der Waals surface area contributed by atoms with Gasteiger partial charge in [-0.25, -0.2) is 0 Å². The summed E-state index contributed by atoms with van der Waals surface area (Å²) >= 11 is 5.24. The lowest BCUT2D eigenvalue weighted by Crippen LogP contribution is -2.09. The van der Waals surface area contributed by atoms with Crippen LogP contribution in [0.1, 0.15) is 49.9 Å². The van der Waals surface area contributed by atoms with Crippen LogP contribution >= 0.6 is 12.2 Å². The number of nitrogens with zero attached hydrogens (tertiary/aromatic N) is 3. The molecule has 128 valence electrons. The molecular formula is C17H22N4O2S. The Bertz CT molecular complexity index is 775. The van der Waals surface area contributed by atoms with Crippen LogP contribution in [0.3, 0.4) is 0 Å². The van der Waals surface area contributed by atoms with Gasteiger partial charge in [0.05, 0.1) is 6.21 Å². The molecule has 3 N–H and O–H groups in total. The Balaban J connectivity index is 1.72. The Morgan fingerprint density at radius 3 is 2.83 bits per heavy atom. The number of aromatic amines is 1. The Morgan fingerprint density at radius 1 is 1.29 bits per heavy atom. The summed E-state index contributed by atoms with van der Waals surface area (Å²) in [7, 11) is 0. The number of H-pyrrole nitrogens is 1. The van der Waals surface area contributed by atoms with Gasteiger partial charge in [0, 0.05) is 18.1 Å². The van der Waals surface area contributed by atoms with Crippen molar-refractivity contribution in [3.05, 3.63) is 34.4 Å². The minimum atomic E-state index is -0.0301. The van der Waals surface area contributed by atoms with Crippen molar-refractivity contribution in [2.75, 3.05) is 0 Å². The molecule has 0 aliphatic heterocycles. The molecule has 1 aliphatic rings. The monoisotopic (exact) mass is 346 g/mol. The highest BCUT2D eigenvalue weighted by molar-refractivity contribution is 7.71. The molecule has 1 saturated carbocycles. The molecule has 1 aliphatic carbocycles. The highest BCUT2D eigenvalue weighted by Crippen LogP contribution is 2.27. The Hall–Kier alpha value is -2.15. The van der Waals surface area contributed by atoms with Gasteiger partial charge in [-0.3, -0.25) is 5.10 Å². The Morgan fingerprint density at radius 2 is 2.08 bits per heavy atom. The van der Waals surface area contributed by atoms with Crippen LogP contribution in [-0.2, 0) is 6.42 Å². The zero-order valence-electron chi connectivity index (χ0n) is 13.5. The van der Waals surface area contributed by atoms with E-state index in [0.29, 0.717) is 10.3 Å². The zero-order chi connectivity index (χ0) is 16.9. The molecule has 1 heterocycles. The van der Waals surface area contributed by atoms with Crippen molar-refractivity contribution in [2.45, 2.75) is 44.9 Å². The van der Waals surface area contributed by atoms with E-state index in [4.69, 9.17) is 12.2 Å². The van der Waals surface area contributed by atoms with E-state index in [9.17, 15) is 10.2 Å². The van der Waals surface area contributed by atoms with Gasteiger partial charge in [-0.15, -0.1) is 0 Å². The molecule has 0 saturated heterocycles. The first-order chi connectivity index (χ1) is 11.6. The minimum absolute atomic E-state index is 0.0118. The topological polar surface area (TPSA) is 86.4 Å². The molecule has 1 aromatic heterocycles. The van der Waals surface area contributed by atoms with E-state index in [2.05, 4.69) is 15.3 Å². The van der Waals surface area contributed by atoms with Gasteiger partial charge < -0.3 is 10.2 Å². The second-order valence-corrected chi connectivity index (χ2v) is 6.67. The van der Waals surface area contributed by atoms with E-state index in [-0.39, 0.29) is 11.5 Å². The van der Waals surface area contributed by atoms with E-state index in [0.717, 1.165) is 24.6 Å². The Labute approximate surface area is 145 Å². The second kappa shape index (κ2) is 7.61. The molecule has 0 radical (unpaired) electrons. The van der Waals surface area contributed by atoms with Crippen LogP contribution in [0, 0.1) is 10.7 Å². The maximum atomic E-state index is 9.82. The van der Waals surface area contributed by atoms with Crippen LogP contribution in [0.2, 0.25) is 0 Å². The largest absolute Gasteiger partial charge is 0.508 e. The van der Waals surface area contributed by atoms with E-state index in [1.54, 1.807) is 10.7 Å². The summed E-state index contributed by atoms with van der Waals surface area (Å²) in [6.07, 6.45) is 10.1. The molecule has 0 atom stereocenters. The van der Waals surface area contributed by atoms with Crippen LogP contribution in [0.5, 0.6) is 11.5 Å². The van der Waals surface area contributed by atoms with Gasteiger partial charge in [-0.05, 0) is 36.7 Å². The average molecular weight is 346 g/mol. The lowest BCUT2D eigenvalue weighted by Gasteiger charge is -2.20. The normalized spacial score (nSPS) is 16.0. The number of hydrogen-bond donors (Lipinski definition) is 3. The van der Waals surface area contributed by atoms with Gasteiger partial charge in [0.25, 0.3) is 0 Å². The smallest absolute Gasteiger partial charge is 0.216 e. The lowest BCUT2D eigenvalue weighted by molar-refractivity contribution is 0.336. The van der Waals surface area contributed by atoms with Gasteiger partial charge in [0.1, 0.15) is 11.5 Å². The fraction of sp³-hybridized carbons (Fsp3) is 0.471. The van der Waals surface area contributed by atoms with Gasteiger partial charge in [-0.2, -0.15) is 14.9 Å². The number of rotatable bonds is 5. The van der Waals surface area contributed by atoms with Crippen molar-refractivity contribution in [1.29, 1.82) is 0 Å². The third kappa shape index (κ3) is 4.03. The SMILES string of the molecule is Oc1ccc(/C=N/n2c(CCC3CCCCC3)n[nH]c2=S)c(O)c1. The van der Waals surface area contributed by atoms with Crippen LogP contribution in [-0.4, -0.2) is 31.3 Å². The fourth-order valence-electron chi connectivity index (χ4n) is 3.18. The number of aromatic nitrogens is 3. The number of nitrogens with one attached hydrogen (secondary N) is 1. The van der Waals surface area contributed by atoms with Crippen molar-refractivity contribution >= 4 is 18.4 Å². The highest BCUT2D eigenvalue weighted by Gasteiger charge is 2.15. The molecular weight excluding hydrogens is 324 g/mol. The molecule has 6 nitrogen and oxygen atoms in total. The zero-order valence-corrected chi connectivity index (χ0v) is 14.3. The van der Waals surface area contributed by atoms with Crippen molar-refractivity contribution in [2.24, 2.45) is 11.0 Å². The van der Waals surface area contributed by atoms with Gasteiger partial charge >= 0.3 is 0 Å². The van der Waals surface area contributed by atoms with Crippen molar-refractivity contribution < 1.29 is 10.2 Å². The first kappa shape index (κ1) is 16.7. The predicted molar refractivity (Wildman–Crippen MR) is 95.1 cm³/mol. The number of phenols is 2. The molecule has 7 heteroatoms. The van der Waals surface area contributed by atoms with E-state index >= 15 is 0 Å². The maximum absolute atomic E-state index is 9.82. The summed E-state index contributed by atoms with van der Waals surface area (Å²) < 4.78 is 2.04. The third-order valence-electron chi connectivity index (χ3n) is 4.54. The molecule has 0 unspecified atom stereocenters. The quantitative estimate of drug-likeness (QED) is 0.568. The number of aromatic hydroxyl groups is 2. The van der Waals surface area contributed by atoms with Gasteiger partial charge in [0.15, 0.2) is 5.82 Å². The highest BCUT2D eigenvalue weighted by atomic mass is 32.1. The molecule has 0 bridgehead atoms. The maximum Gasteiger partial charge on any atom is 0.216 e. The molecule has 0 spiro atoms. The molecule has 0 amide bonds. The minimum Gasteiger partial charge on any atom is -0.508 e. The van der Waals surface area contributed by atoms with E-state index in [1.807, 2.05) is 0 Å². The lowest BCUT2D eigenvalue weighted by atomic mass is 9.86. The summed E-state index contributed by atoms with van der Waals surface area (Å²) in [6.45, 7) is 0. The average Bonchev–Trinajstić information content (AvgIpc) is 2.93. The van der Waals surface area contributed by atoms with Gasteiger partial charge in [-0.1, -0.05) is 32.1 Å². The Kier molecular flexibility index (Phi) is 5.30.